The van der Waals surface area contributed by atoms with Crippen LogP contribution in [0.2, 0.25) is 0 Å². The van der Waals surface area contributed by atoms with E-state index in [-0.39, 0.29) is 12.5 Å². The molecule has 29 heavy (non-hydrogen) atoms. The Morgan fingerprint density at radius 3 is 2.41 bits per heavy atom. The number of nitrogens with one attached hydrogen (secondary N) is 1. The van der Waals surface area contributed by atoms with Gasteiger partial charge in [0, 0.05) is 20.6 Å². The summed E-state index contributed by atoms with van der Waals surface area (Å²) in [5.41, 5.74) is 0.0232. The molecule has 2 aromatic heterocycles. The lowest BCUT2D eigenvalue weighted by molar-refractivity contribution is 0.0955. The number of carbonyl (C=O) groups is 1. The lowest BCUT2D eigenvalue weighted by atomic mass is 10.2. The average Bonchev–Trinajstić information content (AvgIpc) is 3.17. The topological polar surface area (TPSA) is 91.6 Å². The first-order valence-corrected chi connectivity index (χ1v) is 10.0. The van der Waals surface area contributed by atoms with Crippen molar-refractivity contribution in [3.63, 3.8) is 0 Å². The Morgan fingerprint density at radius 2 is 1.72 bits per heavy atom. The highest BCUT2D eigenvalue weighted by Gasteiger charge is 2.16. The van der Waals surface area contributed by atoms with Gasteiger partial charge in [-0.3, -0.25) is 18.7 Å². The average molecular weight is 417 g/mol. The second-order valence-electron chi connectivity index (χ2n) is 6.37. The van der Waals surface area contributed by atoms with Crippen molar-refractivity contribution < 1.29 is 14.3 Å². The standard InChI is InChI=1S/C20H23N3O5S/c1-5-27-14-8-7-12(9-15(14)28-6-2)11-21-17(24)16-10-13-18(25)22(3)20(26)23(4)19(13)29-16/h7-10H,5-6,11H2,1-4H3,(H,21,24). The Balaban J connectivity index is 1.82. The molecule has 1 N–H and O–H groups in total. The SMILES string of the molecule is CCOc1ccc(CNC(=O)c2cc3c(=O)n(C)c(=O)n(C)c3s2)cc1OCC. The Bertz CT molecular complexity index is 1180. The minimum atomic E-state index is -0.422. The van der Waals surface area contributed by atoms with Gasteiger partial charge in [0.05, 0.1) is 23.5 Å². The molecule has 0 unspecified atom stereocenters. The molecule has 0 spiro atoms. The number of carbonyl (C=O) groups excluding carboxylic acids is 1. The molecular weight excluding hydrogens is 394 g/mol. The summed E-state index contributed by atoms with van der Waals surface area (Å²) in [6.45, 7) is 5.12. The molecule has 0 saturated carbocycles. The van der Waals surface area contributed by atoms with Crippen molar-refractivity contribution >= 4 is 27.5 Å². The van der Waals surface area contributed by atoms with Crippen LogP contribution in [0.4, 0.5) is 0 Å². The summed E-state index contributed by atoms with van der Waals surface area (Å²) >= 11 is 1.12. The largest absolute Gasteiger partial charge is 0.490 e. The van der Waals surface area contributed by atoms with Crippen LogP contribution in [0, 0.1) is 0 Å². The van der Waals surface area contributed by atoms with Gasteiger partial charge < -0.3 is 14.8 Å². The maximum absolute atomic E-state index is 12.6. The minimum absolute atomic E-state index is 0.288. The molecule has 0 atom stereocenters. The summed E-state index contributed by atoms with van der Waals surface area (Å²) in [6, 6.07) is 7.03. The van der Waals surface area contributed by atoms with E-state index in [4.69, 9.17) is 9.47 Å². The molecular formula is C20H23N3O5S. The Hall–Kier alpha value is -3.07. The van der Waals surface area contributed by atoms with E-state index < -0.39 is 11.2 Å². The van der Waals surface area contributed by atoms with Crippen LogP contribution < -0.4 is 26.0 Å². The van der Waals surface area contributed by atoms with Gasteiger partial charge in [-0.2, -0.15) is 0 Å². The van der Waals surface area contributed by atoms with Crippen LogP contribution in [0.3, 0.4) is 0 Å². The normalized spacial score (nSPS) is 10.9. The molecule has 1 aromatic carbocycles. The first kappa shape index (κ1) is 20.7. The van der Waals surface area contributed by atoms with Gasteiger partial charge >= 0.3 is 5.69 Å². The van der Waals surface area contributed by atoms with Crippen LogP contribution >= 0.6 is 11.3 Å². The number of hydrogen-bond acceptors (Lipinski definition) is 6. The van der Waals surface area contributed by atoms with Crippen molar-refractivity contribution in [3.05, 3.63) is 55.5 Å². The highest BCUT2D eigenvalue weighted by atomic mass is 32.1. The molecule has 0 aliphatic carbocycles. The minimum Gasteiger partial charge on any atom is -0.490 e. The molecule has 154 valence electrons. The van der Waals surface area contributed by atoms with E-state index in [0.717, 1.165) is 21.5 Å². The first-order valence-electron chi connectivity index (χ1n) is 9.23. The number of nitrogens with zero attached hydrogens (tertiary/aromatic N) is 2. The highest BCUT2D eigenvalue weighted by molar-refractivity contribution is 7.20. The van der Waals surface area contributed by atoms with E-state index in [0.29, 0.717) is 39.8 Å². The smallest absolute Gasteiger partial charge is 0.331 e. The van der Waals surface area contributed by atoms with Crippen molar-refractivity contribution in [1.29, 1.82) is 0 Å². The van der Waals surface area contributed by atoms with Crippen LogP contribution in [-0.2, 0) is 20.6 Å². The number of aryl methyl sites for hydroxylation is 1. The van der Waals surface area contributed by atoms with E-state index in [1.165, 1.54) is 17.7 Å². The molecule has 0 aliphatic rings. The molecule has 0 saturated heterocycles. The molecule has 9 heteroatoms. The summed E-state index contributed by atoms with van der Waals surface area (Å²) in [7, 11) is 3.00. The zero-order valence-electron chi connectivity index (χ0n) is 16.8. The van der Waals surface area contributed by atoms with Crippen molar-refractivity contribution in [1.82, 2.24) is 14.5 Å². The van der Waals surface area contributed by atoms with Gasteiger partial charge in [-0.05, 0) is 37.6 Å². The number of aromatic nitrogens is 2. The third-order valence-corrected chi connectivity index (χ3v) is 5.62. The van der Waals surface area contributed by atoms with Crippen molar-refractivity contribution in [2.75, 3.05) is 13.2 Å². The number of hydrogen-bond donors (Lipinski definition) is 1. The molecule has 3 aromatic rings. The Kier molecular flexibility index (Phi) is 6.07. The van der Waals surface area contributed by atoms with Crippen molar-refractivity contribution in [2.45, 2.75) is 20.4 Å². The van der Waals surface area contributed by atoms with Gasteiger partial charge in [0.2, 0.25) is 0 Å². The molecule has 3 rings (SSSR count). The fraction of sp³-hybridized carbons (Fsp3) is 0.350. The number of rotatable bonds is 7. The van der Waals surface area contributed by atoms with Gasteiger partial charge in [-0.1, -0.05) is 6.07 Å². The first-order chi connectivity index (χ1) is 13.9. The van der Waals surface area contributed by atoms with Crippen LogP contribution in [0.15, 0.2) is 33.9 Å². The van der Waals surface area contributed by atoms with E-state index in [2.05, 4.69) is 5.32 Å². The quantitative estimate of drug-likeness (QED) is 0.635. The van der Waals surface area contributed by atoms with E-state index in [1.54, 1.807) is 7.05 Å². The van der Waals surface area contributed by atoms with Gasteiger partial charge in [-0.15, -0.1) is 11.3 Å². The van der Waals surface area contributed by atoms with Crippen molar-refractivity contribution in [3.8, 4) is 11.5 Å². The second kappa shape index (κ2) is 8.52. The van der Waals surface area contributed by atoms with Gasteiger partial charge in [0.1, 0.15) is 4.83 Å². The highest BCUT2D eigenvalue weighted by Crippen LogP contribution is 2.28. The lowest BCUT2D eigenvalue weighted by Gasteiger charge is -2.12. The molecule has 0 bridgehead atoms. The summed E-state index contributed by atoms with van der Waals surface area (Å²) < 4.78 is 13.6. The lowest BCUT2D eigenvalue weighted by Crippen LogP contribution is -2.36. The van der Waals surface area contributed by atoms with Gasteiger partial charge in [-0.25, -0.2) is 4.79 Å². The predicted octanol–water partition coefficient (Wildman–Crippen LogP) is 2.03. The fourth-order valence-corrected chi connectivity index (χ4v) is 3.97. The summed E-state index contributed by atoms with van der Waals surface area (Å²) in [6.07, 6.45) is 0. The van der Waals surface area contributed by atoms with Gasteiger partial charge in [0.25, 0.3) is 11.5 Å². The third-order valence-electron chi connectivity index (χ3n) is 4.41. The maximum Gasteiger partial charge on any atom is 0.331 e. The summed E-state index contributed by atoms with van der Waals surface area (Å²) in [4.78, 5) is 37.8. The second-order valence-corrected chi connectivity index (χ2v) is 7.40. The number of benzene rings is 1. The number of fused-ring (bicyclic) bond motifs is 1. The van der Waals surface area contributed by atoms with Crippen molar-refractivity contribution in [2.24, 2.45) is 14.1 Å². The number of ether oxygens (including phenoxy) is 2. The number of thiophene rings is 1. The van der Waals surface area contributed by atoms with Crippen LogP contribution in [0.25, 0.3) is 10.2 Å². The molecule has 2 heterocycles. The third kappa shape index (κ3) is 4.04. The zero-order valence-corrected chi connectivity index (χ0v) is 17.6. The zero-order chi connectivity index (χ0) is 21.1. The predicted molar refractivity (Wildman–Crippen MR) is 112 cm³/mol. The molecule has 0 fully saturated rings. The molecule has 8 nitrogen and oxygen atoms in total. The van der Waals surface area contributed by atoms with E-state index in [9.17, 15) is 14.4 Å². The molecule has 0 aliphatic heterocycles. The summed E-state index contributed by atoms with van der Waals surface area (Å²) in [5, 5.41) is 3.20. The molecule has 0 radical (unpaired) electrons. The van der Waals surface area contributed by atoms with Gasteiger partial charge in [0.15, 0.2) is 11.5 Å². The van der Waals surface area contributed by atoms with Crippen LogP contribution in [0.5, 0.6) is 11.5 Å². The van der Waals surface area contributed by atoms with Crippen LogP contribution in [0.1, 0.15) is 29.1 Å². The monoisotopic (exact) mass is 417 g/mol. The summed E-state index contributed by atoms with van der Waals surface area (Å²) in [5.74, 6) is 0.972. The fourth-order valence-electron chi connectivity index (χ4n) is 2.95. The Labute approximate surface area is 171 Å². The number of amides is 1. The van der Waals surface area contributed by atoms with E-state index in [1.807, 2.05) is 32.0 Å². The van der Waals surface area contributed by atoms with E-state index >= 15 is 0 Å². The maximum atomic E-state index is 12.6. The van der Waals surface area contributed by atoms with Crippen LogP contribution in [-0.4, -0.2) is 28.3 Å². The molecule has 1 amide bonds. The Morgan fingerprint density at radius 1 is 1.03 bits per heavy atom.